The highest BCUT2D eigenvalue weighted by Gasteiger charge is 2.43. The van der Waals surface area contributed by atoms with Crippen LogP contribution in [0, 0.1) is 11.7 Å². The van der Waals surface area contributed by atoms with Crippen LogP contribution in [0.15, 0.2) is 24.3 Å². The van der Waals surface area contributed by atoms with E-state index in [1.807, 2.05) is 0 Å². The maximum absolute atomic E-state index is 12.8. The molecule has 0 heterocycles. The summed E-state index contributed by atoms with van der Waals surface area (Å²) in [5, 5.41) is 2.90. The average Bonchev–Trinajstić information content (AvgIpc) is 3.15. The van der Waals surface area contributed by atoms with Gasteiger partial charge in [-0.1, -0.05) is 12.1 Å². The lowest BCUT2D eigenvalue weighted by atomic mass is 10.1. The highest BCUT2D eigenvalue weighted by molar-refractivity contribution is 5.82. The summed E-state index contributed by atoms with van der Waals surface area (Å²) in [5.41, 5.74) is 1.05. The molecule has 0 bridgehead atoms. The highest BCUT2D eigenvalue weighted by atomic mass is 19.1. The summed E-state index contributed by atoms with van der Waals surface area (Å²) in [6.45, 7) is 1.31. The number of nitrogens with one attached hydrogen (secondary N) is 1. The summed E-state index contributed by atoms with van der Waals surface area (Å²) in [5.74, 6) is 0.173. The third-order valence-corrected chi connectivity index (χ3v) is 3.25. The number of halogens is 1. The Balaban J connectivity index is 1.76. The Morgan fingerprint density at radius 3 is 2.83 bits per heavy atom. The molecule has 2 atom stereocenters. The van der Waals surface area contributed by atoms with Gasteiger partial charge in [-0.2, -0.15) is 0 Å². The molecule has 1 aromatic rings. The Bertz CT molecular complexity index is 405. The Kier molecular flexibility index (Phi) is 4.31. The highest BCUT2D eigenvalue weighted by Crippen LogP contribution is 2.47. The van der Waals surface area contributed by atoms with E-state index in [9.17, 15) is 9.18 Å². The van der Waals surface area contributed by atoms with Gasteiger partial charge in [-0.3, -0.25) is 4.79 Å². The second-order valence-electron chi connectivity index (χ2n) is 4.64. The number of rotatable bonds is 6. The zero-order chi connectivity index (χ0) is 13.0. The van der Waals surface area contributed by atoms with Crippen LogP contribution in [0.3, 0.4) is 0 Å². The smallest absolute Gasteiger partial charge is 0.223 e. The van der Waals surface area contributed by atoms with Crippen molar-refractivity contribution in [2.24, 2.45) is 5.92 Å². The standard InChI is InChI=1S/C14H18FNO2/c1-18-8-2-7-16-14(17)13-9-12(13)10-3-5-11(15)6-4-10/h3-6,12-13H,2,7-9H2,1H3,(H,16,17). The number of amides is 1. The third-order valence-electron chi connectivity index (χ3n) is 3.25. The van der Waals surface area contributed by atoms with Crippen molar-refractivity contribution in [3.05, 3.63) is 35.6 Å². The molecule has 18 heavy (non-hydrogen) atoms. The molecule has 0 radical (unpaired) electrons. The topological polar surface area (TPSA) is 38.3 Å². The van der Waals surface area contributed by atoms with E-state index in [0.29, 0.717) is 13.2 Å². The Morgan fingerprint density at radius 2 is 2.17 bits per heavy atom. The van der Waals surface area contributed by atoms with E-state index in [2.05, 4.69) is 5.32 Å². The molecule has 0 spiro atoms. The van der Waals surface area contributed by atoms with Crippen molar-refractivity contribution in [1.29, 1.82) is 0 Å². The fourth-order valence-corrected chi connectivity index (χ4v) is 2.12. The number of hydrogen-bond acceptors (Lipinski definition) is 2. The zero-order valence-corrected chi connectivity index (χ0v) is 10.5. The number of carbonyl (C=O) groups is 1. The predicted molar refractivity (Wildman–Crippen MR) is 66.8 cm³/mol. The first-order valence-corrected chi connectivity index (χ1v) is 6.24. The van der Waals surface area contributed by atoms with Gasteiger partial charge in [0.05, 0.1) is 0 Å². The van der Waals surface area contributed by atoms with Crippen molar-refractivity contribution in [2.45, 2.75) is 18.8 Å². The van der Waals surface area contributed by atoms with E-state index < -0.39 is 0 Å². The molecule has 1 aliphatic rings. The summed E-state index contributed by atoms with van der Waals surface area (Å²) >= 11 is 0. The molecular weight excluding hydrogens is 233 g/mol. The van der Waals surface area contributed by atoms with Crippen LogP contribution in [0.1, 0.15) is 24.3 Å². The Morgan fingerprint density at radius 1 is 1.44 bits per heavy atom. The van der Waals surface area contributed by atoms with E-state index in [-0.39, 0.29) is 23.6 Å². The fraction of sp³-hybridized carbons (Fsp3) is 0.500. The minimum absolute atomic E-state index is 0.0537. The third kappa shape index (κ3) is 3.29. The van der Waals surface area contributed by atoms with Gasteiger partial charge in [0.25, 0.3) is 0 Å². The molecule has 1 amide bonds. The number of hydrogen-bond donors (Lipinski definition) is 1. The van der Waals surface area contributed by atoms with E-state index in [0.717, 1.165) is 18.4 Å². The second kappa shape index (κ2) is 5.96. The first-order valence-electron chi connectivity index (χ1n) is 6.24. The monoisotopic (exact) mass is 251 g/mol. The van der Waals surface area contributed by atoms with Gasteiger partial charge in [0.15, 0.2) is 0 Å². The van der Waals surface area contributed by atoms with Crippen LogP contribution in [0.2, 0.25) is 0 Å². The molecule has 1 aromatic carbocycles. The lowest BCUT2D eigenvalue weighted by Crippen LogP contribution is -2.27. The van der Waals surface area contributed by atoms with Crippen LogP contribution in [0.4, 0.5) is 4.39 Å². The number of methoxy groups -OCH3 is 1. The van der Waals surface area contributed by atoms with Crippen LogP contribution in [0.25, 0.3) is 0 Å². The van der Waals surface area contributed by atoms with Crippen molar-refractivity contribution in [2.75, 3.05) is 20.3 Å². The quantitative estimate of drug-likeness (QED) is 0.786. The minimum Gasteiger partial charge on any atom is -0.385 e. The number of benzene rings is 1. The second-order valence-corrected chi connectivity index (χ2v) is 4.64. The van der Waals surface area contributed by atoms with Crippen molar-refractivity contribution in [3.63, 3.8) is 0 Å². The molecule has 0 aromatic heterocycles. The molecule has 0 aliphatic heterocycles. The van der Waals surface area contributed by atoms with Crippen molar-refractivity contribution in [1.82, 2.24) is 5.32 Å². The normalized spacial score (nSPS) is 21.7. The molecule has 1 N–H and O–H groups in total. The molecule has 1 fully saturated rings. The first-order chi connectivity index (χ1) is 8.72. The van der Waals surface area contributed by atoms with Crippen molar-refractivity contribution >= 4 is 5.91 Å². The molecule has 1 saturated carbocycles. The van der Waals surface area contributed by atoms with Gasteiger partial charge in [-0.25, -0.2) is 4.39 Å². The average molecular weight is 251 g/mol. The van der Waals surface area contributed by atoms with E-state index >= 15 is 0 Å². The summed E-state index contributed by atoms with van der Waals surface area (Å²) in [4.78, 5) is 11.8. The van der Waals surface area contributed by atoms with Gasteiger partial charge in [-0.05, 0) is 36.5 Å². The molecule has 1 aliphatic carbocycles. The van der Waals surface area contributed by atoms with Crippen molar-refractivity contribution < 1.29 is 13.9 Å². The van der Waals surface area contributed by atoms with Crippen LogP contribution in [-0.2, 0) is 9.53 Å². The predicted octanol–water partition coefficient (Wildman–Crippen LogP) is 2.08. The largest absolute Gasteiger partial charge is 0.385 e. The maximum Gasteiger partial charge on any atom is 0.223 e. The molecular formula is C14H18FNO2. The Hall–Kier alpha value is -1.42. The SMILES string of the molecule is COCCCNC(=O)C1CC1c1ccc(F)cc1. The van der Waals surface area contributed by atoms with E-state index in [4.69, 9.17) is 4.74 Å². The number of ether oxygens (including phenoxy) is 1. The van der Waals surface area contributed by atoms with Gasteiger partial charge in [-0.15, -0.1) is 0 Å². The summed E-state index contributed by atoms with van der Waals surface area (Å²) in [6.07, 6.45) is 1.69. The van der Waals surface area contributed by atoms with E-state index in [1.54, 1.807) is 19.2 Å². The van der Waals surface area contributed by atoms with Crippen LogP contribution >= 0.6 is 0 Å². The van der Waals surface area contributed by atoms with Gasteiger partial charge in [0.2, 0.25) is 5.91 Å². The fourth-order valence-electron chi connectivity index (χ4n) is 2.12. The summed E-state index contributed by atoms with van der Waals surface area (Å²) in [6, 6.07) is 6.42. The van der Waals surface area contributed by atoms with Crippen LogP contribution < -0.4 is 5.32 Å². The maximum atomic E-state index is 12.8. The summed E-state index contributed by atoms with van der Waals surface area (Å²) in [7, 11) is 1.65. The Labute approximate surface area is 106 Å². The minimum atomic E-state index is -0.236. The van der Waals surface area contributed by atoms with Crippen molar-refractivity contribution in [3.8, 4) is 0 Å². The molecule has 4 heteroatoms. The van der Waals surface area contributed by atoms with E-state index in [1.165, 1.54) is 12.1 Å². The zero-order valence-electron chi connectivity index (χ0n) is 10.5. The van der Waals surface area contributed by atoms with Crippen LogP contribution in [0.5, 0.6) is 0 Å². The molecule has 2 unspecified atom stereocenters. The van der Waals surface area contributed by atoms with Gasteiger partial charge < -0.3 is 10.1 Å². The van der Waals surface area contributed by atoms with Crippen LogP contribution in [-0.4, -0.2) is 26.2 Å². The van der Waals surface area contributed by atoms with Gasteiger partial charge >= 0.3 is 0 Å². The molecule has 3 nitrogen and oxygen atoms in total. The molecule has 98 valence electrons. The molecule has 0 saturated heterocycles. The lowest BCUT2D eigenvalue weighted by molar-refractivity contribution is -0.122. The molecule has 2 rings (SSSR count). The summed E-state index contributed by atoms with van der Waals surface area (Å²) < 4.78 is 17.7. The van der Waals surface area contributed by atoms with Gasteiger partial charge in [0.1, 0.15) is 5.82 Å². The van der Waals surface area contributed by atoms with Gasteiger partial charge in [0, 0.05) is 26.2 Å². The first kappa shape index (κ1) is 13.0. The number of carbonyl (C=O) groups excluding carboxylic acids is 1. The lowest BCUT2D eigenvalue weighted by Gasteiger charge is -2.04.